The highest BCUT2D eigenvalue weighted by atomic mass is 35.5. The van der Waals surface area contributed by atoms with E-state index in [1.165, 1.54) is 12.1 Å². The Hall–Kier alpha value is 0.850. The lowest BCUT2D eigenvalue weighted by Gasteiger charge is -2.12. The molecule has 1 rings (SSSR count). The molecule has 1 N–H and O–H groups in total. The van der Waals surface area contributed by atoms with Crippen molar-refractivity contribution in [2.75, 3.05) is 0 Å². The van der Waals surface area contributed by atoms with Crippen LogP contribution in [0.3, 0.4) is 0 Å². The van der Waals surface area contributed by atoms with E-state index in [1.54, 1.807) is 0 Å². The Morgan fingerprint density at radius 1 is 1.21 bits per heavy atom. The molecule has 0 radical (unpaired) electrons. The lowest BCUT2D eigenvalue weighted by atomic mass is 10.3. The molecular weight excluding hydrogens is 306 g/mol. The van der Waals surface area contributed by atoms with E-state index in [0.29, 0.717) is 5.02 Å². The van der Waals surface area contributed by atoms with Gasteiger partial charge in [0.2, 0.25) is 0 Å². The highest BCUT2D eigenvalue weighted by Gasteiger charge is 2.13. The lowest BCUT2D eigenvalue weighted by Crippen LogP contribution is -1.86. The normalized spacial score (nSPS) is 14.9. The third-order valence-corrected chi connectivity index (χ3v) is 3.11. The zero-order valence-electron chi connectivity index (χ0n) is 6.45. The van der Waals surface area contributed by atoms with E-state index in [4.69, 9.17) is 39.3 Å². The Balaban J connectivity index is 3.11. The zero-order valence-corrected chi connectivity index (χ0v) is 11.3. The topological polar surface area (TPSA) is 29.5 Å². The number of benzene rings is 1. The van der Waals surface area contributed by atoms with Crippen molar-refractivity contribution in [1.29, 1.82) is 0 Å². The van der Waals surface area contributed by atoms with Crippen LogP contribution in [-0.4, -0.2) is 4.89 Å². The lowest BCUT2D eigenvalue weighted by molar-refractivity contribution is 0.505. The minimum Gasteiger partial charge on any atom is -0.435 e. The van der Waals surface area contributed by atoms with Crippen LogP contribution in [0.15, 0.2) is 12.1 Å². The first kappa shape index (κ1) is 12.9. The minimum absolute atomic E-state index is 0.168. The molecule has 0 aliphatic carbocycles. The van der Waals surface area contributed by atoms with Gasteiger partial charge in [-0.2, -0.15) is 0 Å². The summed E-state index contributed by atoms with van der Waals surface area (Å²) >= 11 is 25.4. The maximum absolute atomic E-state index is 9.19. The molecule has 8 heteroatoms. The van der Waals surface area contributed by atoms with Crippen molar-refractivity contribution in [3.63, 3.8) is 0 Å². The van der Waals surface area contributed by atoms with Crippen LogP contribution in [0.25, 0.3) is 0 Å². The molecule has 0 fully saturated rings. The highest BCUT2D eigenvalue weighted by molar-refractivity contribution is 8.59. The predicted molar refractivity (Wildman–Crippen MR) is 67.6 cm³/mol. The summed E-state index contributed by atoms with van der Waals surface area (Å²) in [6.45, 7) is 0. The summed E-state index contributed by atoms with van der Waals surface area (Å²) in [5.41, 5.74) is -3.11. The summed E-state index contributed by atoms with van der Waals surface area (Å²) < 4.78 is 4.94. The number of hydrogen-bond acceptors (Lipinski definition) is 2. The predicted octanol–water partition coefficient (Wildman–Crippen LogP) is 4.17. The summed E-state index contributed by atoms with van der Waals surface area (Å²) in [5, 5.41) is 0.786. The molecule has 0 saturated carbocycles. The molecule has 1 atom stereocenters. The van der Waals surface area contributed by atoms with Crippen LogP contribution in [0.4, 0.5) is 0 Å². The monoisotopic (exact) mass is 308 g/mol. The van der Waals surface area contributed by atoms with Gasteiger partial charge < -0.3 is 9.42 Å². The molecular formula is C6H4Cl3O2PS2. The van der Waals surface area contributed by atoms with Crippen molar-refractivity contribution >= 4 is 64.6 Å². The average molecular weight is 310 g/mol. The van der Waals surface area contributed by atoms with Crippen LogP contribution in [0, 0.1) is 0 Å². The van der Waals surface area contributed by atoms with Crippen molar-refractivity contribution in [1.82, 2.24) is 0 Å². The van der Waals surface area contributed by atoms with Crippen LogP contribution in [-0.2, 0) is 11.8 Å². The van der Waals surface area contributed by atoms with E-state index in [1.807, 2.05) is 0 Å². The zero-order chi connectivity index (χ0) is 10.9. The van der Waals surface area contributed by atoms with Crippen molar-refractivity contribution in [3.05, 3.63) is 27.2 Å². The summed E-state index contributed by atoms with van der Waals surface area (Å²) in [4.78, 5) is 9.19. The fourth-order valence-corrected chi connectivity index (χ4v) is 2.24. The molecule has 1 aromatic rings. The molecule has 0 heterocycles. The van der Waals surface area contributed by atoms with Crippen molar-refractivity contribution in [2.45, 2.75) is 0 Å². The van der Waals surface area contributed by atoms with Crippen molar-refractivity contribution < 1.29 is 9.42 Å². The Morgan fingerprint density at radius 3 is 2.21 bits per heavy atom. The first-order valence-corrected chi connectivity index (χ1v) is 8.15. The quantitative estimate of drug-likeness (QED) is 0.488. The van der Waals surface area contributed by atoms with Gasteiger partial charge in [0.15, 0.2) is 0 Å². The molecule has 0 bridgehead atoms. The number of halogens is 3. The van der Waals surface area contributed by atoms with Gasteiger partial charge in [0.1, 0.15) is 5.75 Å². The van der Waals surface area contributed by atoms with E-state index in [-0.39, 0.29) is 15.8 Å². The second-order valence-electron chi connectivity index (χ2n) is 2.28. The summed E-state index contributed by atoms with van der Waals surface area (Å²) in [6.07, 6.45) is 0. The van der Waals surface area contributed by atoms with Gasteiger partial charge in [-0.25, -0.2) is 0 Å². The van der Waals surface area contributed by atoms with E-state index in [0.717, 1.165) is 0 Å². The van der Waals surface area contributed by atoms with Gasteiger partial charge in [0, 0.05) is 6.07 Å². The van der Waals surface area contributed by atoms with Gasteiger partial charge in [0.25, 0.3) is 5.69 Å². The Morgan fingerprint density at radius 2 is 1.71 bits per heavy atom. The maximum atomic E-state index is 9.19. The number of rotatable bonds is 2. The first-order valence-electron chi connectivity index (χ1n) is 3.19. The van der Waals surface area contributed by atoms with Crippen molar-refractivity contribution in [2.24, 2.45) is 0 Å². The van der Waals surface area contributed by atoms with Gasteiger partial charge in [-0.3, -0.25) is 0 Å². The van der Waals surface area contributed by atoms with Crippen LogP contribution in [0.1, 0.15) is 0 Å². The SMILES string of the molecule is OP(=S)(S)Oc1cc(Cl)c(Cl)cc1Cl. The molecule has 14 heavy (non-hydrogen) atoms. The Kier molecular flexibility index (Phi) is 4.42. The maximum Gasteiger partial charge on any atom is 0.291 e. The first-order chi connectivity index (χ1) is 6.29. The average Bonchev–Trinajstić information content (AvgIpc) is 1.97. The summed E-state index contributed by atoms with van der Waals surface area (Å²) in [7, 11) is 0. The molecule has 0 aliphatic heterocycles. The van der Waals surface area contributed by atoms with Crippen LogP contribution >= 0.6 is 52.7 Å². The summed E-state index contributed by atoms with van der Waals surface area (Å²) in [6, 6.07) is 2.78. The van der Waals surface area contributed by atoms with Crippen LogP contribution in [0.2, 0.25) is 15.1 Å². The molecule has 0 saturated heterocycles. The molecule has 1 aromatic carbocycles. The molecule has 0 aromatic heterocycles. The molecule has 0 amide bonds. The number of thiol groups is 1. The van der Waals surface area contributed by atoms with Gasteiger partial charge in [0.05, 0.1) is 15.1 Å². The van der Waals surface area contributed by atoms with Crippen LogP contribution in [0.5, 0.6) is 5.75 Å². The largest absolute Gasteiger partial charge is 0.435 e. The van der Waals surface area contributed by atoms with E-state index in [9.17, 15) is 4.89 Å². The smallest absolute Gasteiger partial charge is 0.291 e. The van der Waals surface area contributed by atoms with Gasteiger partial charge in [-0.05, 0) is 17.9 Å². The highest BCUT2D eigenvalue weighted by Crippen LogP contribution is 2.50. The Bertz CT molecular complexity index is 406. The molecule has 2 nitrogen and oxygen atoms in total. The van der Waals surface area contributed by atoms with Gasteiger partial charge in [-0.1, -0.05) is 47.1 Å². The fourth-order valence-electron chi connectivity index (χ4n) is 0.702. The van der Waals surface area contributed by atoms with Crippen LogP contribution < -0.4 is 4.52 Å². The van der Waals surface area contributed by atoms with E-state index >= 15 is 0 Å². The Labute approximate surface area is 106 Å². The third kappa shape index (κ3) is 3.78. The van der Waals surface area contributed by atoms with E-state index in [2.05, 4.69) is 24.1 Å². The second kappa shape index (κ2) is 4.79. The standard InChI is InChI=1S/C6H4Cl3O2PS2/c7-3-1-5(9)6(2-4(3)8)11-12(10,13)14/h1-2H,(H2,10,13,14). The van der Waals surface area contributed by atoms with Crippen molar-refractivity contribution in [3.8, 4) is 5.75 Å². The molecule has 78 valence electrons. The minimum atomic E-state index is -3.11. The molecule has 0 spiro atoms. The molecule has 1 unspecified atom stereocenters. The summed E-state index contributed by atoms with van der Waals surface area (Å²) in [5.74, 6) is 0.168. The van der Waals surface area contributed by atoms with Gasteiger partial charge >= 0.3 is 0 Å². The third-order valence-electron chi connectivity index (χ3n) is 1.19. The van der Waals surface area contributed by atoms with E-state index < -0.39 is 5.69 Å². The second-order valence-corrected chi connectivity index (χ2v) is 8.59. The van der Waals surface area contributed by atoms with Gasteiger partial charge in [-0.15, -0.1) is 0 Å². The molecule has 0 aliphatic rings. The number of hydrogen-bond donors (Lipinski definition) is 2. The fraction of sp³-hybridized carbons (Fsp3) is 0.